The average molecular weight is 1080 g/mol. The maximum absolute atomic E-state index is 6.74. The van der Waals surface area contributed by atoms with Gasteiger partial charge in [0.25, 0.3) is 0 Å². The second-order valence-corrected chi connectivity index (χ2v) is 25.6. The fraction of sp³-hybridized carbons (Fsp3) is 0.548. The predicted octanol–water partition coefficient (Wildman–Crippen LogP) is 17.5. The van der Waals surface area contributed by atoms with E-state index in [-0.39, 0.29) is 37.3 Å². The predicted molar refractivity (Wildman–Crippen MR) is 277 cm³/mol. The average Bonchev–Trinajstić information content (AvgIpc) is 3.56. The largest absolute Gasteiger partial charge is 2.00 e. The van der Waals surface area contributed by atoms with Gasteiger partial charge in [-0.05, 0) is 153 Å². The van der Waals surface area contributed by atoms with Crippen molar-refractivity contribution >= 4 is 21.8 Å². The summed E-state index contributed by atoms with van der Waals surface area (Å²) in [5, 5.41) is 2.40. The van der Waals surface area contributed by atoms with Gasteiger partial charge in [-0.3, -0.25) is 0 Å². The molecule has 3 aromatic heterocycles. The van der Waals surface area contributed by atoms with Crippen molar-refractivity contribution in [3.63, 3.8) is 0 Å². The quantitative estimate of drug-likeness (QED) is 0.150. The van der Waals surface area contributed by atoms with Crippen LogP contribution in [0.5, 0.6) is 11.5 Å². The van der Waals surface area contributed by atoms with E-state index in [1.807, 2.05) is 6.07 Å². The Morgan fingerprint density at radius 1 is 0.687 bits per heavy atom. The number of hydrogen-bond donors (Lipinski definition) is 0. The summed E-state index contributed by atoms with van der Waals surface area (Å²) in [5.41, 5.74) is 12.0. The molecule has 3 atom stereocenters. The molecule has 0 spiro atoms. The van der Waals surface area contributed by atoms with Crippen LogP contribution in [0.1, 0.15) is 194 Å². The van der Waals surface area contributed by atoms with Crippen LogP contribution in [0.3, 0.4) is 0 Å². The molecule has 0 saturated heterocycles. The molecule has 0 amide bonds. The number of nitrogens with zero attached hydrogens (tertiary/aromatic N) is 3. The van der Waals surface area contributed by atoms with Crippen LogP contribution in [0, 0.1) is 47.1 Å². The number of aromatic nitrogens is 3. The molecule has 3 saturated carbocycles. The first kappa shape index (κ1) is 49.7. The van der Waals surface area contributed by atoms with Crippen LogP contribution < -0.4 is 4.74 Å². The van der Waals surface area contributed by atoms with E-state index in [0.29, 0.717) is 39.6 Å². The summed E-state index contributed by atoms with van der Waals surface area (Å²) in [5.74, 6) is 4.06. The number of pyridine rings is 2. The summed E-state index contributed by atoms with van der Waals surface area (Å²) in [6, 6.07) is 29.8. The molecule has 0 N–H and O–H groups in total. The Morgan fingerprint density at radius 2 is 1.37 bits per heavy atom. The number of fused-ring (bicyclic) bond motifs is 3. The van der Waals surface area contributed by atoms with Crippen molar-refractivity contribution in [2.24, 2.45) is 28.1 Å². The van der Waals surface area contributed by atoms with Crippen LogP contribution in [-0.4, -0.2) is 14.5 Å². The van der Waals surface area contributed by atoms with E-state index < -0.39 is 0 Å². The zero-order valence-electron chi connectivity index (χ0n) is 43.5. The van der Waals surface area contributed by atoms with Gasteiger partial charge in [0.15, 0.2) is 0 Å². The first-order chi connectivity index (χ1) is 31.0. The van der Waals surface area contributed by atoms with Crippen molar-refractivity contribution in [3.8, 4) is 28.6 Å². The fourth-order valence-corrected chi connectivity index (χ4v) is 14.6. The summed E-state index contributed by atoms with van der Waals surface area (Å²) in [6.07, 6.45) is 18.4. The summed E-state index contributed by atoms with van der Waals surface area (Å²) in [6.45, 7) is 33.9. The van der Waals surface area contributed by atoms with Gasteiger partial charge in [-0.25, -0.2) is 4.98 Å². The number of aryl methyl sites for hydroxylation is 1. The van der Waals surface area contributed by atoms with Crippen LogP contribution in [-0.2, 0) is 37.3 Å². The van der Waals surface area contributed by atoms with Gasteiger partial charge in [0.1, 0.15) is 5.82 Å². The molecule has 0 aliphatic heterocycles. The van der Waals surface area contributed by atoms with E-state index in [2.05, 4.69) is 181 Å². The van der Waals surface area contributed by atoms with Crippen LogP contribution in [0.2, 0.25) is 0 Å². The first-order valence-electron chi connectivity index (χ1n) is 25.7. The molecule has 3 aliphatic carbocycles. The number of benzene rings is 3. The topological polar surface area (TPSA) is 39.9 Å². The molecule has 0 radical (unpaired) electrons. The number of hydrogen-bond acceptors (Lipinski definition) is 3. The molecule has 5 heteroatoms. The second kappa shape index (κ2) is 17.9. The van der Waals surface area contributed by atoms with Crippen molar-refractivity contribution in [1.82, 2.24) is 14.5 Å². The summed E-state index contributed by atoms with van der Waals surface area (Å²) < 4.78 is 9.06. The van der Waals surface area contributed by atoms with Crippen molar-refractivity contribution in [2.75, 3.05) is 0 Å². The summed E-state index contributed by atoms with van der Waals surface area (Å²) in [7, 11) is 0. The van der Waals surface area contributed by atoms with E-state index in [4.69, 9.17) is 14.7 Å². The molecule has 4 nitrogen and oxygen atoms in total. The molecule has 3 aromatic carbocycles. The maximum Gasteiger partial charge on any atom is 2.00 e. The zero-order valence-corrected chi connectivity index (χ0v) is 45.8. The molecule has 9 rings (SSSR count). The molecule has 3 fully saturated rings. The molecule has 3 heterocycles. The minimum Gasteiger partial charge on any atom is -0.503 e. The van der Waals surface area contributed by atoms with E-state index in [1.165, 1.54) is 104 Å². The second-order valence-electron chi connectivity index (χ2n) is 25.6. The van der Waals surface area contributed by atoms with Crippen LogP contribution >= 0.6 is 0 Å². The molecule has 6 aromatic rings. The van der Waals surface area contributed by atoms with E-state index >= 15 is 0 Å². The van der Waals surface area contributed by atoms with Gasteiger partial charge in [0.2, 0.25) is 0 Å². The van der Waals surface area contributed by atoms with Gasteiger partial charge in [-0.1, -0.05) is 145 Å². The standard InChI is InChI=1S/C62H79N3O.Pt/c1-40-37-62(14,56-59(9,10)27-19-28-60(56,11)12)31-26-46(40)48-35-52(63-38-41(48)2)42-20-18-21-44(32-42)66-45-23-24-47-49-33-43(61(13)29-16-15-17-30-61)22-25-53(49)65(54(47)34-45)55-36-50(57(3,4)5)51(39-64-55)58(6,7)8;/h18,20-25,33,35-36,38-40,46,56H,15-17,19,26-31,37H2,1-14H3;/q-2;+2. The van der Waals surface area contributed by atoms with Gasteiger partial charge in [0, 0.05) is 29.4 Å². The molecule has 0 bridgehead atoms. The van der Waals surface area contributed by atoms with E-state index in [0.717, 1.165) is 39.4 Å². The van der Waals surface area contributed by atoms with E-state index in [9.17, 15) is 0 Å². The van der Waals surface area contributed by atoms with Crippen molar-refractivity contribution in [3.05, 3.63) is 113 Å². The van der Waals surface area contributed by atoms with Gasteiger partial charge in [0.05, 0.1) is 0 Å². The van der Waals surface area contributed by atoms with Crippen molar-refractivity contribution in [2.45, 2.75) is 190 Å². The Balaban J connectivity index is 0.00000608. The summed E-state index contributed by atoms with van der Waals surface area (Å²) in [4.78, 5) is 10.2. The van der Waals surface area contributed by atoms with Crippen LogP contribution in [0.25, 0.3) is 38.9 Å². The number of ether oxygens (including phenoxy) is 1. The molecule has 3 unspecified atom stereocenters. The Morgan fingerprint density at radius 3 is 2.04 bits per heavy atom. The maximum atomic E-state index is 6.74. The van der Waals surface area contributed by atoms with Gasteiger partial charge < -0.3 is 14.3 Å². The van der Waals surface area contributed by atoms with Crippen LogP contribution in [0.15, 0.2) is 73.1 Å². The minimum atomic E-state index is -0.0623. The van der Waals surface area contributed by atoms with Gasteiger partial charge in [-0.2, -0.15) is 6.07 Å². The normalized spacial score (nSPS) is 23.3. The SMILES string of the molecule is Cc1cnc(-c2[c-]c(Oc3[c-]c4c(cc3)c3cc(C5(C)CCCCC5)ccc3n4-c3cc(C(C)(C)C)c(C(C)(C)C)cn3)ccc2)cc1C1CCC(C)(C2C(C)(C)CCCC2(C)C)CC1C.[Pt+2]. The molecule has 3 aliphatic rings. The zero-order chi connectivity index (χ0) is 47.2. The third-order valence-corrected chi connectivity index (χ3v) is 17.3. The smallest absolute Gasteiger partial charge is 0.503 e. The Bertz CT molecular complexity index is 2760. The van der Waals surface area contributed by atoms with Gasteiger partial charge in [-0.15, -0.1) is 41.3 Å². The molecule has 67 heavy (non-hydrogen) atoms. The first-order valence-corrected chi connectivity index (χ1v) is 25.7. The molecule has 358 valence electrons. The third-order valence-electron chi connectivity index (χ3n) is 17.3. The monoisotopic (exact) mass is 1080 g/mol. The van der Waals surface area contributed by atoms with Crippen molar-refractivity contribution < 1.29 is 25.8 Å². The Kier molecular flexibility index (Phi) is 13.3. The fourth-order valence-electron chi connectivity index (χ4n) is 14.6. The van der Waals surface area contributed by atoms with Crippen LogP contribution in [0.4, 0.5) is 0 Å². The molecular formula is C62H79N3OPt. The summed E-state index contributed by atoms with van der Waals surface area (Å²) >= 11 is 0. The number of rotatable bonds is 7. The van der Waals surface area contributed by atoms with E-state index in [1.54, 1.807) is 0 Å². The Hall–Kier alpha value is -3.75. The molecular weight excluding hydrogens is 998 g/mol. The van der Waals surface area contributed by atoms with Crippen molar-refractivity contribution in [1.29, 1.82) is 0 Å². The Labute approximate surface area is 419 Å². The van der Waals surface area contributed by atoms with Gasteiger partial charge >= 0.3 is 21.1 Å². The third kappa shape index (κ3) is 9.37. The minimum absolute atomic E-state index is 0.